The maximum Gasteiger partial charge on any atom is 0.280 e. The maximum atomic E-state index is 12.6. The van der Waals surface area contributed by atoms with Crippen molar-refractivity contribution < 1.29 is 13.2 Å². The normalized spacial score (nSPS) is 12.4. The molecule has 1 heterocycles. The molecule has 0 unspecified atom stereocenters. The van der Waals surface area contributed by atoms with Crippen LogP contribution in [0, 0.1) is 5.41 Å². The van der Waals surface area contributed by atoms with Gasteiger partial charge in [0.25, 0.3) is 5.91 Å². The minimum atomic E-state index is -3.46. The topological polar surface area (TPSA) is 113 Å². The number of amides is 1. The van der Waals surface area contributed by atoms with Gasteiger partial charge in [0.15, 0.2) is 0 Å². The van der Waals surface area contributed by atoms with Gasteiger partial charge in [-0.25, -0.2) is 13.4 Å². The molecule has 3 N–H and O–H groups in total. The average Bonchev–Trinajstić information content (AvgIpc) is 2.66. The summed E-state index contributed by atoms with van der Waals surface area (Å²) in [6.07, 6.45) is 0. The molecule has 0 fully saturated rings. The van der Waals surface area contributed by atoms with Gasteiger partial charge in [-0.2, -0.15) is 4.99 Å². The monoisotopic (exact) mass is 451 g/mol. The molecular formula is C20H26ClN5O3S. The predicted octanol–water partition coefficient (Wildman–Crippen LogP) is 3.74. The average molecular weight is 452 g/mol. The predicted molar refractivity (Wildman–Crippen MR) is 122 cm³/mol. The van der Waals surface area contributed by atoms with Crippen LogP contribution < -0.4 is 15.4 Å². The summed E-state index contributed by atoms with van der Waals surface area (Å²) in [7, 11) is -3.46. The van der Waals surface area contributed by atoms with Crippen LogP contribution in [-0.2, 0) is 10.0 Å². The van der Waals surface area contributed by atoms with E-state index in [9.17, 15) is 13.2 Å². The Morgan fingerprint density at radius 2 is 1.73 bits per heavy atom. The van der Waals surface area contributed by atoms with Crippen LogP contribution in [0.5, 0.6) is 0 Å². The summed E-state index contributed by atoms with van der Waals surface area (Å²) >= 11 is 5.87. The zero-order valence-corrected chi connectivity index (χ0v) is 18.9. The second-order valence-electron chi connectivity index (χ2n) is 7.73. The first kappa shape index (κ1) is 23.6. The van der Waals surface area contributed by atoms with Crippen LogP contribution in [-0.4, -0.2) is 37.6 Å². The lowest BCUT2D eigenvalue weighted by atomic mass is 9.97. The molecule has 0 bridgehead atoms. The Morgan fingerprint density at radius 3 is 2.33 bits per heavy atom. The molecule has 162 valence electrons. The van der Waals surface area contributed by atoms with Gasteiger partial charge >= 0.3 is 0 Å². The maximum absolute atomic E-state index is 12.6. The molecule has 0 aliphatic rings. The molecule has 0 aliphatic carbocycles. The Balaban J connectivity index is 2.27. The molecule has 1 amide bonds. The molecule has 10 heteroatoms. The van der Waals surface area contributed by atoms with Crippen LogP contribution in [0.1, 0.15) is 38.1 Å². The number of carbonyl (C=O) groups excluding carboxylic acids is 1. The number of aromatic nitrogens is 1. The number of nitrogens with one attached hydrogen (secondary N) is 3. The fourth-order valence-electron chi connectivity index (χ4n) is 2.13. The second kappa shape index (κ2) is 9.90. The van der Waals surface area contributed by atoms with Gasteiger partial charge in [-0.15, -0.1) is 0 Å². The number of aliphatic imine (C=N–C) groups is 1. The molecule has 0 saturated heterocycles. The fraction of sp³-hybridized carbons (Fsp3) is 0.350. The van der Waals surface area contributed by atoms with Gasteiger partial charge in [0.05, 0.1) is 5.75 Å². The van der Waals surface area contributed by atoms with Gasteiger partial charge in [-0.1, -0.05) is 38.4 Å². The zero-order valence-electron chi connectivity index (χ0n) is 17.4. The summed E-state index contributed by atoms with van der Waals surface area (Å²) in [6, 6.07) is 11.2. The Labute approximate surface area is 182 Å². The number of pyridine rings is 1. The number of benzene rings is 1. The van der Waals surface area contributed by atoms with Crippen LogP contribution in [0.25, 0.3) is 0 Å². The summed E-state index contributed by atoms with van der Waals surface area (Å²) < 4.78 is 26.0. The SMILES string of the molecule is CCS(=O)(=O)Nc1cccc(N/C(=N\C(=O)c2ccc(Cl)cc2)NCC(C)(C)C)n1. The molecule has 2 aromatic rings. The van der Waals surface area contributed by atoms with Gasteiger partial charge in [0.2, 0.25) is 16.0 Å². The lowest BCUT2D eigenvalue weighted by Crippen LogP contribution is -2.37. The minimum Gasteiger partial charge on any atom is -0.355 e. The number of carbonyl (C=O) groups is 1. The molecule has 0 radical (unpaired) electrons. The van der Waals surface area contributed by atoms with Crippen molar-refractivity contribution in [1.82, 2.24) is 10.3 Å². The highest BCUT2D eigenvalue weighted by molar-refractivity contribution is 7.92. The summed E-state index contributed by atoms with van der Waals surface area (Å²) in [5, 5.41) is 6.59. The van der Waals surface area contributed by atoms with Gasteiger partial charge in [0.1, 0.15) is 11.6 Å². The highest BCUT2D eigenvalue weighted by atomic mass is 35.5. The van der Waals surface area contributed by atoms with Crippen LogP contribution in [0.3, 0.4) is 0 Å². The Kier molecular flexibility index (Phi) is 7.80. The van der Waals surface area contributed by atoms with E-state index in [-0.39, 0.29) is 22.9 Å². The molecular weight excluding hydrogens is 426 g/mol. The van der Waals surface area contributed by atoms with E-state index in [1.165, 1.54) is 13.0 Å². The standard InChI is InChI=1S/C20H26ClN5O3S/c1-5-30(28,29)26-17-8-6-7-16(23-17)24-19(22-13-20(2,3)4)25-18(27)14-9-11-15(21)12-10-14/h6-12H,5,13H2,1-4H3,(H3,22,23,24,25,26,27). The summed E-state index contributed by atoms with van der Waals surface area (Å²) in [5.41, 5.74) is 0.311. The van der Waals surface area contributed by atoms with Crippen molar-refractivity contribution in [2.45, 2.75) is 27.7 Å². The number of hydrogen-bond acceptors (Lipinski definition) is 4. The third kappa shape index (κ3) is 8.00. The summed E-state index contributed by atoms with van der Waals surface area (Å²) in [5.74, 6) is 0.171. The van der Waals surface area contributed by atoms with E-state index < -0.39 is 15.9 Å². The first-order valence-electron chi connectivity index (χ1n) is 9.34. The van der Waals surface area contributed by atoms with E-state index in [0.717, 1.165) is 0 Å². The lowest BCUT2D eigenvalue weighted by Gasteiger charge is -2.21. The van der Waals surface area contributed by atoms with E-state index in [4.69, 9.17) is 11.6 Å². The van der Waals surface area contributed by atoms with Crippen molar-refractivity contribution >= 4 is 45.1 Å². The van der Waals surface area contributed by atoms with Crippen molar-refractivity contribution in [3.8, 4) is 0 Å². The molecule has 0 aliphatic heterocycles. The van der Waals surface area contributed by atoms with E-state index in [2.05, 4.69) is 25.3 Å². The van der Waals surface area contributed by atoms with Crippen LogP contribution in [0.4, 0.5) is 11.6 Å². The number of anilines is 2. The second-order valence-corrected chi connectivity index (χ2v) is 10.2. The highest BCUT2D eigenvalue weighted by Crippen LogP contribution is 2.14. The van der Waals surface area contributed by atoms with E-state index in [0.29, 0.717) is 22.9 Å². The number of rotatable bonds is 6. The summed E-state index contributed by atoms with van der Waals surface area (Å²) in [4.78, 5) is 20.9. The Morgan fingerprint density at radius 1 is 1.10 bits per heavy atom. The quantitative estimate of drug-likeness (QED) is 0.455. The number of hydrogen-bond donors (Lipinski definition) is 3. The van der Waals surface area contributed by atoms with Crippen LogP contribution in [0.2, 0.25) is 5.02 Å². The molecule has 1 aromatic carbocycles. The van der Waals surface area contributed by atoms with Gasteiger partial charge < -0.3 is 10.6 Å². The molecule has 8 nitrogen and oxygen atoms in total. The van der Waals surface area contributed by atoms with Gasteiger partial charge in [0, 0.05) is 17.1 Å². The fourth-order valence-corrected chi connectivity index (χ4v) is 2.84. The smallest absolute Gasteiger partial charge is 0.280 e. The number of sulfonamides is 1. The number of guanidine groups is 1. The molecule has 0 atom stereocenters. The van der Waals surface area contributed by atoms with Crippen LogP contribution >= 0.6 is 11.6 Å². The van der Waals surface area contributed by atoms with Crippen molar-refractivity contribution in [3.05, 3.63) is 53.1 Å². The molecule has 2 rings (SSSR count). The molecule has 0 saturated carbocycles. The van der Waals surface area contributed by atoms with E-state index in [1.54, 1.807) is 36.4 Å². The summed E-state index contributed by atoms with van der Waals surface area (Å²) in [6.45, 7) is 8.19. The Hall–Kier alpha value is -2.65. The Bertz CT molecular complexity index is 1020. The minimum absolute atomic E-state index is 0.0677. The molecule has 1 aromatic heterocycles. The molecule has 30 heavy (non-hydrogen) atoms. The zero-order chi connectivity index (χ0) is 22.4. The molecule has 0 spiro atoms. The van der Waals surface area contributed by atoms with Gasteiger partial charge in [-0.05, 0) is 48.7 Å². The van der Waals surface area contributed by atoms with Crippen molar-refractivity contribution in [2.75, 3.05) is 22.3 Å². The first-order valence-corrected chi connectivity index (χ1v) is 11.4. The van der Waals surface area contributed by atoms with E-state index >= 15 is 0 Å². The number of nitrogens with zero attached hydrogens (tertiary/aromatic N) is 2. The van der Waals surface area contributed by atoms with Crippen LogP contribution in [0.15, 0.2) is 47.5 Å². The highest BCUT2D eigenvalue weighted by Gasteiger charge is 2.14. The third-order valence-corrected chi connectivity index (χ3v) is 5.26. The van der Waals surface area contributed by atoms with Crippen molar-refractivity contribution in [2.24, 2.45) is 10.4 Å². The van der Waals surface area contributed by atoms with Crippen molar-refractivity contribution in [1.29, 1.82) is 0 Å². The first-order chi connectivity index (χ1) is 14.0. The van der Waals surface area contributed by atoms with Crippen molar-refractivity contribution in [3.63, 3.8) is 0 Å². The van der Waals surface area contributed by atoms with Gasteiger partial charge in [-0.3, -0.25) is 9.52 Å². The van der Waals surface area contributed by atoms with E-state index in [1.807, 2.05) is 20.8 Å². The number of halogens is 1. The lowest BCUT2D eigenvalue weighted by molar-refractivity contribution is 0.100. The third-order valence-electron chi connectivity index (χ3n) is 3.73. The largest absolute Gasteiger partial charge is 0.355 e.